The molecule has 0 radical (unpaired) electrons. The Morgan fingerprint density at radius 2 is 1.69 bits per heavy atom. The maximum Gasteiger partial charge on any atom is 0.245 e. The highest BCUT2D eigenvalue weighted by Crippen LogP contribution is 2.28. The number of nitrogens with one attached hydrogen (secondary N) is 2. The molecule has 0 bridgehead atoms. The molecule has 0 aromatic heterocycles. The molecule has 35 heavy (non-hydrogen) atoms. The lowest BCUT2D eigenvalue weighted by molar-refractivity contribution is -0.146. The van der Waals surface area contributed by atoms with Crippen LogP contribution in [-0.4, -0.2) is 78.7 Å². The van der Waals surface area contributed by atoms with Crippen LogP contribution in [0.3, 0.4) is 0 Å². The summed E-state index contributed by atoms with van der Waals surface area (Å²) in [6.45, 7) is 11.8. The van der Waals surface area contributed by atoms with Crippen molar-refractivity contribution in [3.05, 3.63) is 35.9 Å². The Bertz CT molecular complexity index is 784. The molecule has 4 N–H and O–H groups in total. The first-order valence-corrected chi connectivity index (χ1v) is 12.5. The largest absolute Gasteiger partial charge is 0.379 e. The zero-order valence-electron chi connectivity index (χ0n) is 22.9. The molecule has 5 atom stereocenters. The van der Waals surface area contributed by atoms with E-state index in [4.69, 9.17) is 4.74 Å². The van der Waals surface area contributed by atoms with Crippen LogP contribution in [0, 0.1) is 11.8 Å². The SMILES string of the molecule is CC[C@H](C)[C@@H]([C@@H](CC(O)O)OC)N(C)C(=O)[C@@H](NC(=O)[C@@H](NC)C(C)(C)c1ccccc1)C(C)C. The first kappa shape index (κ1) is 31.0. The quantitative estimate of drug-likeness (QED) is 0.296. The van der Waals surface area contributed by atoms with Gasteiger partial charge in [0.1, 0.15) is 6.04 Å². The van der Waals surface area contributed by atoms with Gasteiger partial charge in [-0.15, -0.1) is 0 Å². The Balaban J connectivity index is 3.22. The van der Waals surface area contributed by atoms with Gasteiger partial charge in [0.15, 0.2) is 6.29 Å². The highest BCUT2D eigenvalue weighted by molar-refractivity contribution is 5.91. The standard InChI is InChI=1S/C27H47N3O5/c1-10-18(4)23(20(35-9)16-21(31)32)30(8)26(34)22(17(2)3)29-25(33)24(28-7)27(5,6)19-14-12-11-13-15-19/h11-15,17-18,20-24,28,31-32H,10,16H2,1-9H3,(H,29,33)/t18-,20+,22-,23-,24+/m0/s1. The second kappa shape index (κ2) is 13.9. The highest BCUT2D eigenvalue weighted by Gasteiger charge is 2.40. The minimum Gasteiger partial charge on any atom is -0.379 e. The number of hydrogen-bond donors (Lipinski definition) is 4. The number of rotatable bonds is 14. The van der Waals surface area contributed by atoms with Gasteiger partial charge in [-0.2, -0.15) is 0 Å². The highest BCUT2D eigenvalue weighted by atomic mass is 16.5. The van der Waals surface area contributed by atoms with E-state index in [9.17, 15) is 19.8 Å². The van der Waals surface area contributed by atoms with Crippen LogP contribution in [0.5, 0.6) is 0 Å². The fourth-order valence-corrected chi connectivity index (χ4v) is 4.79. The lowest BCUT2D eigenvalue weighted by Crippen LogP contribution is -2.61. The number of ether oxygens (including phenoxy) is 1. The third kappa shape index (κ3) is 8.00. The van der Waals surface area contributed by atoms with Crippen LogP contribution in [0.15, 0.2) is 30.3 Å². The minimum atomic E-state index is -1.55. The average molecular weight is 494 g/mol. The summed E-state index contributed by atoms with van der Waals surface area (Å²) in [5, 5.41) is 25.3. The van der Waals surface area contributed by atoms with Crippen molar-refractivity contribution < 1.29 is 24.5 Å². The Kier molecular flexibility index (Phi) is 12.3. The number of carbonyl (C=O) groups excluding carboxylic acids is 2. The molecule has 0 saturated heterocycles. The van der Waals surface area contributed by atoms with Gasteiger partial charge in [-0.25, -0.2) is 0 Å². The van der Waals surface area contributed by atoms with Gasteiger partial charge in [0, 0.05) is 26.0 Å². The van der Waals surface area contributed by atoms with Gasteiger partial charge in [-0.05, 0) is 24.4 Å². The molecule has 2 amide bonds. The van der Waals surface area contributed by atoms with Gasteiger partial charge >= 0.3 is 0 Å². The monoisotopic (exact) mass is 493 g/mol. The lowest BCUT2D eigenvalue weighted by Gasteiger charge is -2.41. The van der Waals surface area contributed by atoms with E-state index in [0.717, 1.165) is 12.0 Å². The summed E-state index contributed by atoms with van der Waals surface area (Å²) >= 11 is 0. The molecule has 0 aliphatic rings. The molecule has 0 saturated carbocycles. The molecule has 1 rings (SSSR count). The van der Waals surface area contributed by atoms with E-state index in [-0.39, 0.29) is 30.1 Å². The van der Waals surface area contributed by atoms with Crippen molar-refractivity contribution in [2.24, 2.45) is 11.8 Å². The summed E-state index contributed by atoms with van der Waals surface area (Å²) < 4.78 is 5.58. The van der Waals surface area contributed by atoms with Crippen molar-refractivity contribution in [1.82, 2.24) is 15.5 Å². The number of nitrogens with zero attached hydrogens (tertiary/aromatic N) is 1. The predicted octanol–water partition coefficient (Wildman–Crippen LogP) is 2.28. The summed E-state index contributed by atoms with van der Waals surface area (Å²) in [5.41, 5.74) is 0.496. The lowest BCUT2D eigenvalue weighted by atomic mass is 9.77. The maximum absolute atomic E-state index is 13.7. The molecule has 0 aliphatic carbocycles. The molecule has 0 heterocycles. The van der Waals surface area contributed by atoms with Crippen LogP contribution < -0.4 is 10.6 Å². The fraction of sp³-hybridized carbons (Fsp3) is 0.704. The van der Waals surface area contributed by atoms with E-state index in [1.807, 2.05) is 71.9 Å². The summed E-state index contributed by atoms with van der Waals surface area (Å²) in [5.74, 6) is -0.608. The smallest absolute Gasteiger partial charge is 0.245 e. The Hall–Kier alpha value is -2.00. The van der Waals surface area contributed by atoms with Crippen LogP contribution >= 0.6 is 0 Å². The third-order valence-corrected chi connectivity index (χ3v) is 7.17. The average Bonchev–Trinajstić information content (AvgIpc) is 2.81. The normalized spacial score (nSPS) is 16.5. The van der Waals surface area contributed by atoms with Gasteiger partial charge < -0.3 is 30.5 Å². The molecule has 0 spiro atoms. The second-order valence-corrected chi connectivity index (χ2v) is 10.4. The summed E-state index contributed by atoms with van der Waals surface area (Å²) in [7, 11) is 4.95. The zero-order chi connectivity index (χ0) is 26.9. The Morgan fingerprint density at radius 1 is 1.11 bits per heavy atom. The number of likely N-dealkylation sites (N-methyl/N-ethyl adjacent to an activating group) is 2. The van der Waals surface area contributed by atoms with Crippen molar-refractivity contribution in [2.45, 2.75) is 90.3 Å². The van der Waals surface area contributed by atoms with Crippen molar-refractivity contribution in [2.75, 3.05) is 21.2 Å². The predicted molar refractivity (Wildman–Crippen MR) is 139 cm³/mol. The second-order valence-electron chi connectivity index (χ2n) is 10.4. The first-order chi connectivity index (χ1) is 16.3. The molecule has 0 unspecified atom stereocenters. The van der Waals surface area contributed by atoms with E-state index >= 15 is 0 Å². The first-order valence-electron chi connectivity index (χ1n) is 12.5. The zero-order valence-corrected chi connectivity index (χ0v) is 22.9. The number of aliphatic hydroxyl groups excluding tert-OH is 1. The van der Waals surface area contributed by atoms with Gasteiger partial charge in [-0.3, -0.25) is 9.59 Å². The molecule has 8 heteroatoms. The number of carbonyl (C=O) groups is 2. The third-order valence-electron chi connectivity index (χ3n) is 7.17. The van der Waals surface area contributed by atoms with E-state index in [2.05, 4.69) is 10.6 Å². The van der Waals surface area contributed by atoms with Crippen LogP contribution in [0.25, 0.3) is 0 Å². The number of amides is 2. The number of aliphatic hydroxyl groups is 2. The molecule has 1 aromatic rings. The molecule has 0 aliphatic heterocycles. The fourth-order valence-electron chi connectivity index (χ4n) is 4.79. The molecule has 1 aromatic carbocycles. The van der Waals surface area contributed by atoms with E-state index in [1.165, 1.54) is 7.11 Å². The molecular formula is C27H47N3O5. The number of methoxy groups -OCH3 is 1. The van der Waals surface area contributed by atoms with Crippen LogP contribution in [0.4, 0.5) is 0 Å². The molecule has 8 nitrogen and oxygen atoms in total. The minimum absolute atomic E-state index is 0.0189. The van der Waals surface area contributed by atoms with Crippen molar-refractivity contribution in [3.63, 3.8) is 0 Å². The number of hydrogen-bond acceptors (Lipinski definition) is 6. The van der Waals surface area contributed by atoms with E-state index in [0.29, 0.717) is 0 Å². The van der Waals surface area contributed by atoms with Gasteiger partial charge in [0.25, 0.3) is 0 Å². The van der Waals surface area contributed by atoms with Crippen LogP contribution in [0.1, 0.15) is 59.9 Å². The van der Waals surface area contributed by atoms with Gasteiger partial charge in [0.05, 0.1) is 18.2 Å². The summed E-state index contributed by atoms with van der Waals surface area (Å²) in [6, 6.07) is 8.11. The van der Waals surface area contributed by atoms with Crippen molar-refractivity contribution in [1.29, 1.82) is 0 Å². The summed E-state index contributed by atoms with van der Waals surface area (Å²) in [6.07, 6.45) is -1.36. The van der Waals surface area contributed by atoms with Gasteiger partial charge in [0.2, 0.25) is 11.8 Å². The molecular weight excluding hydrogens is 446 g/mol. The summed E-state index contributed by atoms with van der Waals surface area (Å²) in [4.78, 5) is 28.8. The Labute approximate surface area is 211 Å². The maximum atomic E-state index is 13.7. The van der Waals surface area contributed by atoms with E-state index in [1.54, 1.807) is 19.0 Å². The van der Waals surface area contributed by atoms with Crippen LogP contribution in [-0.2, 0) is 19.7 Å². The van der Waals surface area contributed by atoms with Crippen molar-refractivity contribution >= 4 is 11.8 Å². The van der Waals surface area contributed by atoms with Gasteiger partial charge in [-0.1, -0.05) is 78.3 Å². The number of benzene rings is 1. The molecule has 0 fully saturated rings. The van der Waals surface area contributed by atoms with E-state index < -0.39 is 35.9 Å². The molecule has 200 valence electrons. The van der Waals surface area contributed by atoms with Crippen molar-refractivity contribution in [3.8, 4) is 0 Å². The van der Waals surface area contributed by atoms with Crippen LogP contribution in [0.2, 0.25) is 0 Å². The Morgan fingerprint density at radius 3 is 2.11 bits per heavy atom. The topological polar surface area (TPSA) is 111 Å².